The molecule has 0 N–H and O–H groups in total. The number of esters is 1. The van der Waals surface area contributed by atoms with Gasteiger partial charge in [0.15, 0.2) is 21.3 Å². The summed E-state index contributed by atoms with van der Waals surface area (Å²) in [6.45, 7) is 6.10. The maximum atomic E-state index is 13.3. The van der Waals surface area contributed by atoms with Crippen molar-refractivity contribution in [3.05, 3.63) is 47.5 Å². The average Bonchev–Trinajstić information content (AvgIpc) is 2.81. The Morgan fingerprint density at radius 3 is 2.15 bits per heavy atom. The average molecular weight is 505 g/mol. The second-order valence-corrected chi connectivity index (χ2v) is 10.0. The summed E-state index contributed by atoms with van der Waals surface area (Å²) in [5.74, 6) is 1.29. The van der Waals surface area contributed by atoms with E-state index in [0.717, 1.165) is 12.8 Å². The summed E-state index contributed by atoms with van der Waals surface area (Å²) in [6, 6.07) is 12.1. The summed E-state index contributed by atoms with van der Waals surface area (Å²) >= 11 is 4.52. The van der Waals surface area contributed by atoms with Gasteiger partial charge in [0.1, 0.15) is 0 Å². The monoisotopic (exact) mass is 504 g/mol. The third-order valence-electron chi connectivity index (χ3n) is 5.17. The van der Waals surface area contributed by atoms with E-state index in [-0.39, 0.29) is 11.5 Å². The second-order valence-electron chi connectivity index (χ2n) is 8.13. The fraction of sp³-hybridized carbons (Fsp3) is 0.346. The Balaban J connectivity index is 2.17. The van der Waals surface area contributed by atoms with Crippen LogP contribution in [-0.2, 0) is 16.0 Å². The predicted octanol–water partition coefficient (Wildman–Crippen LogP) is 6.42. The van der Waals surface area contributed by atoms with Gasteiger partial charge in [0.05, 0.1) is 20.8 Å². The minimum Gasteiger partial charge on any atom is -0.606 e. The molecule has 3 rings (SSSR count). The van der Waals surface area contributed by atoms with Gasteiger partial charge in [-0.2, -0.15) is 0 Å². The molecule has 3 aromatic rings. The first-order valence-corrected chi connectivity index (χ1v) is 12.5. The van der Waals surface area contributed by atoms with Crippen molar-refractivity contribution in [2.75, 3.05) is 20.8 Å². The molecule has 0 saturated heterocycles. The lowest BCUT2D eigenvalue weighted by molar-refractivity contribution is -0.131. The van der Waals surface area contributed by atoms with Crippen LogP contribution < -0.4 is 18.9 Å². The highest BCUT2D eigenvalue weighted by Crippen LogP contribution is 2.51. The number of methoxy groups -OCH3 is 2. The summed E-state index contributed by atoms with van der Waals surface area (Å²) in [4.78, 5) is 13.0. The van der Waals surface area contributed by atoms with Crippen molar-refractivity contribution in [1.29, 1.82) is 0 Å². The van der Waals surface area contributed by atoms with Crippen molar-refractivity contribution in [3.63, 3.8) is 0 Å². The lowest BCUT2D eigenvalue weighted by Gasteiger charge is -2.20. The first-order chi connectivity index (χ1) is 16.3. The van der Waals surface area contributed by atoms with Crippen LogP contribution in [0.25, 0.3) is 10.8 Å². The van der Waals surface area contributed by atoms with Crippen LogP contribution in [0.4, 0.5) is 0 Å². The molecule has 6 nitrogen and oxygen atoms in total. The van der Waals surface area contributed by atoms with E-state index in [1.807, 2.05) is 0 Å². The third-order valence-corrected chi connectivity index (χ3v) is 6.80. The molecule has 0 aliphatic heterocycles. The summed E-state index contributed by atoms with van der Waals surface area (Å²) in [6.07, 6.45) is 1.86. The van der Waals surface area contributed by atoms with E-state index in [9.17, 15) is 9.35 Å². The molecule has 34 heavy (non-hydrogen) atoms. The van der Waals surface area contributed by atoms with Gasteiger partial charge in [0.2, 0.25) is 11.5 Å². The van der Waals surface area contributed by atoms with Crippen LogP contribution in [0.3, 0.4) is 0 Å². The van der Waals surface area contributed by atoms with E-state index in [2.05, 4.69) is 13.8 Å². The predicted molar refractivity (Wildman–Crippen MR) is 134 cm³/mol. The zero-order valence-corrected chi connectivity index (χ0v) is 21.5. The highest BCUT2D eigenvalue weighted by molar-refractivity contribution is 7.91. The van der Waals surface area contributed by atoms with Gasteiger partial charge in [-0.3, -0.25) is 4.79 Å². The zero-order valence-electron chi connectivity index (χ0n) is 20.0. The number of halogens is 1. The highest BCUT2D eigenvalue weighted by Gasteiger charge is 2.27. The molecule has 182 valence electrons. The van der Waals surface area contributed by atoms with Gasteiger partial charge in [-0.25, -0.2) is 0 Å². The normalized spacial score (nSPS) is 12.0. The van der Waals surface area contributed by atoms with E-state index in [1.165, 1.54) is 21.1 Å². The molecule has 0 saturated carbocycles. The molecule has 0 fully saturated rings. The van der Waals surface area contributed by atoms with E-state index < -0.39 is 17.1 Å². The molecular formula is C26H29ClO6S. The largest absolute Gasteiger partial charge is 0.606 e. The molecule has 0 radical (unpaired) electrons. The molecule has 0 aliphatic carbocycles. The van der Waals surface area contributed by atoms with Gasteiger partial charge in [-0.1, -0.05) is 25.4 Å². The van der Waals surface area contributed by atoms with Gasteiger partial charge < -0.3 is 23.5 Å². The maximum absolute atomic E-state index is 13.3. The smallest absolute Gasteiger partial charge is 0.308 e. The molecule has 8 heteroatoms. The number of hydrogen-bond donors (Lipinski definition) is 0. The van der Waals surface area contributed by atoms with Crippen LogP contribution in [0, 0.1) is 5.92 Å². The number of fused-ring (bicyclic) bond motifs is 1. The van der Waals surface area contributed by atoms with Crippen molar-refractivity contribution in [2.24, 2.45) is 5.92 Å². The molecule has 0 bridgehead atoms. The number of carbonyl (C=O) groups excluding carboxylic acids is 1. The van der Waals surface area contributed by atoms with Crippen LogP contribution in [0.2, 0.25) is 5.02 Å². The first-order valence-electron chi connectivity index (χ1n) is 11.0. The molecule has 1 atom stereocenters. The van der Waals surface area contributed by atoms with Gasteiger partial charge in [0, 0.05) is 40.0 Å². The minimum absolute atomic E-state index is 0.222. The van der Waals surface area contributed by atoms with Crippen LogP contribution in [0.15, 0.2) is 52.3 Å². The van der Waals surface area contributed by atoms with Gasteiger partial charge in [-0.15, -0.1) is 0 Å². The Kier molecular flexibility index (Phi) is 8.94. The fourth-order valence-electron chi connectivity index (χ4n) is 3.59. The number of benzene rings is 3. The van der Waals surface area contributed by atoms with Gasteiger partial charge >= 0.3 is 5.97 Å². The summed E-state index contributed by atoms with van der Waals surface area (Å²) in [5.41, 5.74) is 0. The Hall–Kier alpha value is -2.61. The van der Waals surface area contributed by atoms with Crippen molar-refractivity contribution in [3.8, 4) is 23.0 Å². The molecule has 0 aromatic heterocycles. The first kappa shape index (κ1) is 26.0. The minimum atomic E-state index is -1.46. The second kappa shape index (κ2) is 11.7. The third kappa shape index (κ3) is 5.90. The van der Waals surface area contributed by atoms with Crippen molar-refractivity contribution < 1.29 is 28.3 Å². The number of hydrogen-bond acceptors (Lipinski definition) is 6. The maximum Gasteiger partial charge on any atom is 0.308 e. The summed E-state index contributed by atoms with van der Waals surface area (Å²) in [5, 5.41) is 1.76. The Morgan fingerprint density at radius 1 is 0.941 bits per heavy atom. The molecule has 0 amide bonds. The standard InChI is InChI=1S/C26H29ClO6S/c1-16(2)7-6-14-32-23-22-15-20(34(29)19-10-8-18(27)9-11-19)12-13-21(22)24(33-17(3)28)26(31-5)25(23)30-4/h8-13,15-16H,6-7,14H2,1-5H3. The van der Waals surface area contributed by atoms with Crippen LogP contribution in [-0.4, -0.2) is 31.3 Å². The Bertz CT molecular complexity index is 1150. The molecule has 0 heterocycles. The Labute approximate surface area is 208 Å². The SMILES string of the molecule is COc1c(OC)c(OC(C)=O)c2ccc([S+]([O-])c3ccc(Cl)cc3)cc2c1OCCCC(C)C. The molecule has 0 spiro atoms. The van der Waals surface area contributed by atoms with Crippen molar-refractivity contribution in [1.82, 2.24) is 0 Å². The molecule has 1 unspecified atom stereocenters. The van der Waals surface area contributed by atoms with Crippen molar-refractivity contribution >= 4 is 39.5 Å². The Morgan fingerprint density at radius 2 is 1.56 bits per heavy atom. The highest BCUT2D eigenvalue weighted by atomic mass is 35.5. The lowest BCUT2D eigenvalue weighted by Crippen LogP contribution is -2.08. The van der Waals surface area contributed by atoms with Crippen LogP contribution >= 0.6 is 11.6 Å². The number of carbonyl (C=O) groups is 1. The number of rotatable bonds is 10. The van der Waals surface area contributed by atoms with E-state index in [4.69, 9.17) is 30.5 Å². The number of ether oxygens (including phenoxy) is 4. The van der Waals surface area contributed by atoms with E-state index in [1.54, 1.807) is 42.5 Å². The topological polar surface area (TPSA) is 77.1 Å². The van der Waals surface area contributed by atoms with E-state index in [0.29, 0.717) is 49.6 Å². The zero-order chi connectivity index (χ0) is 24.8. The van der Waals surface area contributed by atoms with Crippen LogP contribution in [0.1, 0.15) is 33.6 Å². The quantitative estimate of drug-likeness (QED) is 0.137. The van der Waals surface area contributed by atoms with Crippen molar-refractivity contribution in [2.45, 2.75) is 43.4 Å². The molecule has 3 aromatic carbocycles. The lowest BCUT2D eigenvalue weighted by atomic mass is 10.1. The summed E-state index contributed by atoms with van der Waals surface area (Å²) < 4.78 is 36.2. The van der Waals surface area contributed by atoms with E-state index >= 15 is 0 Å². The van der Waals surface area contributed by atoms with Crippen LogP contribution in [0.5, 0.6) is 23.0 Å². The summed E-state index contributed by atoms with van der Waals surface area (Å²) in [7, 11) is 2.97. The molecular weight excluding hydrogens is 476 g/mol. The van der Waals surface area contributed by atoms with Gasteiger partial charge in [0.25, 0.3) is 0 Å². The molecule has 0 aliphatic rings. The van der Waals surface area contributed by atoms with Gasteiger partial charge in [-0.05, 0) is 55.2 Å². The fourth-order valence-corrected chi connectivity index (χ4v) is 4.79.